The molecule has 0 amide bonds. The molecular formula is C9H21NO. The van der Waals surface area contributed by atoms with Crippen molar-refractivity contribution < 1.29 is 4.79 Å². The summed E-state index contributed by atoms with van der Waals surface area (Å²) in [7, 11) is 1.85. The summed E-state index contributed by atoms with van der Waals surface area (Å²) in [5, 5.41) is 2.83. The molecule has 2 nitrogen and oxygen atoms in total. The van der Waals surface area contributed by atoms with E-state index in [0.717, 1.165) is 12.0 Å². The van der Waals surface area contributed by atoms with Crippen LogP contribution in [0.25, 0.3) is 0 Å². The van der Waals surface area contributed by atoms with Crippen molar-refractivity contribution in [2.45, 2.75) is 34.1 Å². The lowest BCUT2D eigenvalue weighted by molar-refractivity contribution is -0.107. The molecular weight excluding hydrogens is 138 g/mol. The molecule has 0 aliphatic carbocycles. The van der Waals surface area contributed by atoms with Crippen LogP contribution in [0, 0.1) is 0 Å². The smallest absolute Gasteiger partial charge is 0.119 e. The van der Waals surface area contributed by atoms with Gasteiger partial charge in [-0.3, -0.25) is 0 Å². The van der Waals surface area contributed by atoms with Gasteiger partial charge in [0.15, 0.2) is 0 Å². The minimum Gasteiger partial charge on any atom is -0.392 e. The van der Waals surface area contributed by atoms with Crippen LogP contribution in [0.1, 0.15) is 34.1 Å². The van der Waals surface area contributed by atoms with E-state index >= 15 is 0 Å². The van der Waals surface area contributed by atoms with Crippen molar-refractivity contribution >= 4 is 6.29 Å². The van der Waals surface area contributed by atoms with Gasteiger partial charge >= 0.3 is 0 Å². The minimum atomic E-state index is 0.639. The normalized spacial score (nSPS) is 5.91. The lowest BCUT2D eigenvalue weighted by Gasteiger charge is -1.87. The summed E-state index contributed by atoms with van der Waals surface area (Å²) in [5.41, 5.74) is 1.00. The van der Waals surface area contributed by atoms with Crippen LogP contribution in [-0.2, 0) is 4.79 Å². The second kappa shape index (κ2) is 22.9. The Hall–Kier alpha value is -0.790. The molecule has 0 aliphatic heterocycles. The molecule has 0 aromatic carbocycles. The summed E-state index contributed by atoms with van der Waals surface area (Å²) in [5.74, 6) is 0. The Balaban J connectivity index is -0.0000000965. The van der Waals surface area contributed by atoms with Crippen LogP contribution in [0.2, 0.25) is 0 Å². The number of carbonyl (C=O) groups is 1. The van der Waals surface area contributed by atoms with Crippen LogP contribution in [0.3, 0.4) is 0 Å². The fraction of sp³-hybridized carbons (Fsp3) is 0.667. The van der Waals surface area contributed by atoms with Crippen LogP contribution in [0.4, 0.5) is 0 Å². The molecule has 0 saturated carbocycles. The van der Waals surface area contributed by atoms with E-state index in [0.29, 0.717) is 6.42 Å². The number of carbonyl (C=O) groups excluding carboxylic acids is 1. The first-order chi connectivity index (χ1) is 5.18. The first-order valence-corrected chi connectivity index (χ1v) is 3.95. The highest BCUT2D eigenvalue weighted by Crippen LogP contribution is 1.68. The summed E-state index contributed by atoms with van der Waals surface area (Å²) < 4.78 is 0. The fourth-order valence-electron chi connectivity index (χ4n) is 0. The summed E-state index contributed by atoms with van der Waals surface area (Å²) in [6, 6.07) is 0. The summed E-state index contributed by atoms with van der Waals surface area (Å²) in [6.45, 7) is 11.3. The van der Waals surface area contributed by atoms with Crippen molar-refractivity contribution in [1.82, 2.24) is 5.32 Å². The van der Waals surface area contributed by atoms with Crippen LogP contribution in [-0.4, -0.2) is 13.3 Å². The van der Waals surface area contributed by atoms with E-state index < -0.39 is 0 Å². The van der Waals surface area contributed by atoms with Gasteiger partial charge in [0.2, 0.25) is 0 Å². The molecule has 0 fully saturated rings. The maximum atomic E-state index is 9.17. The molecule has 0 atom stereocenters. The third-order valence-corrected chi connectivity index (χ3v) is 0.593. The van der Waals surface area contributed by atoms with E-state index in [9.17, 15) is 4.79 Å². The topological polar surface area (TPSA) is 29.1 Å². The van der Waals surface area contributed by atoms with Gasteiger partial charge < -0.3 is 10.1 Å². The highest BCUT2D eigenvalue weighted by Gasteiger charge is 1.62. The second-order valence-electron chi connectivity index (χ2n) is 1.61. The van der Waals surface area contributed by atoms with Crippen molar-refractivity contribution in [3.8, 4) is 0 Å². The number of aldehydes is 1. The van der Waals surface area contributed by atoms with E-state index in [1.807, 2.05) is 34.7 Å². The molecule has 0 aromatic rings. The molecule has 0 heterocycles. The van der Waals surface area contributed by atoms with Crippen LogP contribution >= 0.6 is 0 Å². The maximum Gasteiger partial charge on any atom is 0.119 e. The largest absolute Gasteiger partial charge is 0.392 e. The number of rotatable bonds is 2. The van der Waals surface area contributed by atoms with E-state index in [-0.39, 0.29) is 0 Å². The molecule has 1 N–H and O–H groups in total. The number of hydrogen-bond donors (Lipinski definition) is 1. The van der Waals surface area contributed by atoms with Crippen molar-refractivity contribution in [2.24, 2.45) is 0 Å². The second-order valence-corrected chi connectivity index (χ2v) is 1.61. The van der Waals surface area contributed by atoms with Gasteiger partial charge in [-0.1, -0.05) is 27.4 Å². The zero-order valence-corrected chi connectivity index (χ0v) is 8.40. The Morgan fingerprint density at radius 3 is 1.73 bits per heavy atom. The zero-order chi connectivity index (χ0) is 9.70. The Morgan fingerprint density at radius 2 is 1.73 bits per heavy atom. The van der Waals surface area contributed by atoms with E-state index in [1.54, 1.807) is 0 Å². The standard InChI is InChI=1S/C4H9N.C3H6O.C2H6/c1-4(2)5-3;1-2-3-4;1-2/h5H,1H2,2-3H3;3H,2H2,1H3;1-2H3. The first kappa shape index (κ1) is 16.7. The highest BCUT2D eigenvalue weighted by atomic mass is 16.1. The molecule has 0 radical (unpaired) electrons. The monoisotopic (exact) mass is 159 g/mol. The molecule has 0 unspecified atom stereocenters. The molecule has 0 aromatic heterocycles. The van der Waals surface area contributed by atoms with Gasteiger partial charge in [-0.2, -0.15) is 0 Å². The van der Waals surface area contributed by atoms with Gasteiger partial charge in [0.05, 0.1) is 0 Å². The van der Waals surface area contributed by atoms with E-state index in [4.69, 9.17) is 0 Å². The summed E-state index contributed by atoms with van der Waals surface area (Å²) in [4.78, 5) is 9.17. The molecule has 0 spiro atoms. The van der Waals surface area contributed by atoms with Gasteiger partial charge in [0.1, 0.15) is 6.29 Å². The third kappa shape index (κ3) is 98.0. The van der Waals surface area contributed by atoms with Crippen LogP contribution < -0.4 is 5.32 Å². The highest BCUT2D eigenvalue weighted by molar-refractivity contribution is 5.48. The van der Waals surface area contributed by atoms with Gasteiger partial charge in [0, 0.05) is 13.5 Å². The van der Waals surface area contributed by atoms with Crippen LogP contribution in [0.15, 0.2) is 12.3 Å². The molecule has 2 heteroatoms. The van der Waals surface area contributed by atoms with Gasteiger partial charge in [-0.15, -0.1) is 0 Å². The average Bonchev–Trinajstić information content (AvgIpc) is 2.08. The van der Waals surface area contributed by atoms with Crippen molar-refractivity contribution in [3.05, 3.63) is 12.3 Å². The quantitative estimate of drug-likeness (QED) is 0.627. The Bertz CT molecular complexity index is 79.6. The lowest BCUT2D eigenvalue weighted by Crippen LogP contribution is -1.98. The minimum absolute atomic E-state index is 0.639. The molecule has 11 heavy (non-hydrogen) atoms. The van der Waals surface area contributed by atoms with Crippen molar-refractivity contribution in [1.29, 1.82) is 0 Å². The summed E-state index contributed by atoms with van der Waals surface area (Å²) in [6.07, 6.45) is 1.51. The maximum absolute atomic E-state index is 9.17. The van der Waals surface area contributed by atoms with Crippen molar-refractivity contribution in [3.63, 3.8) is 0 Å². The lowest BCUT2D eigenvalue weighted by atomic mass is 10.6. The Morgan fingerprint density at radius 1 is 1.55 bits per heavy atom. The Labute approximate surface area is 70.7 Å². The predicted octanol–water partition coefficient (Wildman–Crippen LogP) is 2.36. The van der Waals surface area contributed by atoms with Gasteiger partial charge in [-0.25, -0.2) is 0 Å². The zero-order valence-electron chi connectivity index (χ0n) is 8.40. The first-order valence-electron chi connectivity index (χ1n) is 3.95. The average molecular weight is 159 g/mol. The number of nitrogens with one attached hydrogen (secondary N) is 1. The van der Waals surface area contributed by atoms with Gasteiger partial charge in [-0.05, 0) is 12.6 Å². The van der Waals surface area contributed by atoms with Crippen LogP contribution in [0.5, 0.6) is 0 Å². The molecule has 0 aliphatic rings. The third-order valence-electron chi connectivity index (χ3n) is 0.593. The molecule has 0 bridgehead atoms. The number of hydrogen-bond acceptors (Lipinski definition) is 2. The molecule has 0 saturated heterocycles. The predicted molar refractivity (Wildman–Crippen MR) is 51.6 cm³/mol. The molecule has 68 valence electrons. The van der Waals surface area contributed by atoms with E-state index in [2.05, 4.69) is 11.9 Å². The van der Waals surface area contributed by atoms with Crippen molar-refractivity contribution in [2.75, 3.05) is 7.05 Å². The molecule has 0 rings (SSSR count). The Kier molecular flexibility index (Phi) is 34.6. The SMILES string of the molecule is C=C(C)NC.CC.CCC=O. The van der Waals surface area contributed by atoms with Gasteiger partial charge in [0.25, 0.3) is 0 Å². The number of allylic oxidation sites excluding steroid dienone is 1. The fourth-order valence-corrected chi connectivity index (χ4v) is 0. The van der Waals surface area contributed by atoms with E-state index in [1.165, 1.54) is 0 Å². The summed E-state index contributed by atoms with van der Waals surface area (Å²) >= 11 is 0.